The van der Waals surface area contributed by atoms with E-state index in [4.69, 9.17) is 9.47 Å². The first-order valence-electron chi connectivity index (χ1n) is 28.9. The van der Waals surface area contributed by atoms with Crippen molar-refractivity contribution in [1.29, 1.82) is 0 Å². The van der Waals surface area contributed by atoms with Crippen LogP contribution in [0.4, 0.5) is 0 Å². The van der Waals surface area contributed by atoms with Crippen LogP contribution >= 0.6 is 0 Å². The van der Waals surface area contributed by atoms with Crippen LogP contribution in [0.1, 0.15) is 306 Å². The molecule has 0 fully saturated rings. The number of carboxylic acid groups (broad SMARTS) is 1. The first kappa shape index (κ1) is 61.3. The van der Waals surface area contributed by atoms with Crippen LogP contribution in [0.25, 0.3) is 0 Å². The van der Waals surface area contributed by atoms with Gasteiger partial charge < -0.3 is 19.7 Å². The third-order valence-electron chi connectivity index (χ3n) is 13.3. The maximum Gasteiger partial charge on any atom is 0.336 e. The van der Waals surface area contributed by atoms with Crippen LogP contribution in [0, 0.1) is 0 Å². The van der Waals surface area contributed by atoms with Gasteiger partial charge in [0, 0.05) is 5.56 Å². The molecule has 382 valence electrons. The number of hydrogen-bond donors (Lipinski definition) is 2. The molecule has 5 nitrogen and oxygen atoms in total. The molecular weight excluding hydrogens is 813 g/mol. The van der Waals surface area contributed by atoms with Crippen molar-refractivity contribution in [1.82, 2.24) is 0 Å². The molecule has 1 aromatic rings. The molecule has 1 aromatic carbocycles. The highest BCUT2D eigenvalue weighted by Gasteiger charge is 2.24. The minimum Gasteiger partial charge on any atom is -0.504 e. The topological polar surface area (TPSA) is 76.0 Å². The Kier molecular flexibility index (Phi) is 45.3. The highest BCUT2D eigenvalue weighted by Crippen LogP contribution is 2.43. The van der Waals surface area contributed by atoms with Gasteiger partial charge >= 0.3 is 5.97 Å². The largest absolute Gasteiger partial charge is 0.504 e. The Labute approximate surface area is 409 Å². The van der Waals surface area contributed by atoms with E-state index in [0.29, 0.717) is 36.7 Å². The molecule has 0 aliphatic rings. The van der Waals surface area contributed by atoms with Gasteiger partial charge in [0.05, 0.1) is 18.8 Å². The molecule has 0 spiro atoms. The lowest BCUT2D eigenvalue weighted by atomic mass is 9.98. The summed E-state index contributed by atoms with van der Waals surface area (Å²) in [5.74, 6) is -0.362. The minimum absolute atomic E-state index is 0.127. The molecule has 0 unspecified atom stereocenters. The monoisotopic (exact) mass is 921 g/mol. The number of carboxylic acids is 1. The number of ether oxygens (including phenoxy) is 2. The van der Waals surface area contributed by atoms with Crippen LogP contribution in [0.5, 0.6) is 17.2 Å². The second-order valence-electron chi connectivity index (χ2n) is 19.6. The van der Waals surface area contributed by atoms with E-state index in [2.05, 4.69) is 57.2 Å². The summed E-state index contributed by atoms with van der Waals surface area (Å²) in [4.78, 5) is 12.5. The normalized spacial score (nSPS) is 11.9. The highest BCUT2D eigenvalue weighted by atomic mass is 16.5. The molecule has 66 heavy (non-hydrogen) atoms. The van der Waals surface area contributed by atoms with Crippen molar-refractivity contribution in [2.24, 2.45) is 0 Å². The van der Waals surface area contributed by atoms with Crippen LogP contribution in [-0.4, -0.2) is 29.4 Å². The number of carbonyl (C=O) groups is 1. The lowest BCUT2D eigenvalue weighted by Crippen LogP contribution is -2.10. The second kappa shape index (κ2) is 48.8. The summed E-state index contributed by atoms with van der Waals surface area (Å²) >= 11 is 0. The standard InChI is InChI=1S/C61H108O5/c1-4-7-10-13-16-19-22-25-28-31-34-37-40-43-46-49-52-56-57(61(63)64)55-58(62)60(66-54-51-48-45-42-39-36-33-30-27-24-21-18-15-12-9-6-3)59(56)65-53-50-47-44-41-38-35-32-29-26-23-20-17-14-11-8-5-2/h25-30,55,62H,4-24,31-54H2,1-3H3,(H,63,64)/b28-25-,29-26-,30-27-. The van der Waals surface area contributed by atoms with Gasteiger partial charge in [-0.2, -0.15) is 0 Å². The van der Waals surface area contributed by atoms with Crippen molar-refractivity contribution in [2.75, 3.05) is 13.2 Å². The van der Waals surface area contributed by atoms with Crippen LogP contribution in [0.2, 0.25) is 0 Å². The van der Waals surface area contributed by atoms with Crippen molar-refractivity contribution in [2.45, 2.75) is 297 Å². The number of aromatic hydroxyl groups is 1. The summed E-state index contributed by atoms with van der Waals surface area (Å²) in [5.41, 5.74) is 0.817. The fourth-order valence-electron chi connectivity index (χ4n) is 8.99. The summed E-state index contributed by atoms with van der Waals surface area (Å²) < 4.78 is 12.7. The van der Waals surface area contributed by atoms with E-state index >= 15 is 0 Å². The molecule has 0 aromatic heterocycles. The van der Waals surface area contributed by atoms with Crippen LogP contribution in [-0.2, 0) is 6.42 Å². The third-order valence-corrected chi connectivity index (χ3v) is 13.3. The zero-order valence-corrected chi connectivity index (χ0v) is 44.0. The van der Waals surface area contributed by atoms with Gasteiger partial charge in [0.25, 0.3) is 0 Å². The van der Waals surface area contributed by atoms with E-state index in [9.17, 15) is 15.0 Å². The van der Waals surface area contributed by atoms with Gasteiger partial charge in [-0.15, -0.1) is 0 Å². The van der Waals surface area contributed by atoms with E-state index in [-0.39, 0.29) is 11.3 Å². The average Bonchev–Trinajstić information content (AvgIpc) is 3.31. The van der Waals surface area contributed by atoms with Crippen molar-refractivity contribution >= 4 is 5.97 Å². The van der Waals surface area contributed by atoms with Gasteiger partial charge in [-0.1, -0.05) is 231 Å². The molecule has 0 aliphatic heterocycles. The van der Waals surface area contributed by atoms with E-state index in [1.54, 1.807) is 0 Å². The summed E-state index contributed by atoms with van der Waals surface area (Å²) in [6, 6.07) is 1.39. The quantitative estimate of drug-likeness (QED) is 0.0503. The smallest absolute Gasteiger partial charge is 0.336 e. The van der Waals surface area contributed by atoms with E-state index in [0.717, 1.165) is 44.9 Å². The molecule has 0 bridgehead atoms. The highest BCUT2D eigenvalue weighted by molar-refractivity contribution is 5.92. The van der Waals surface area contributed by atoms with Gasteiger partial charge in [0.15, 0.2) is 11.5 Å². The van der Waals surface area contributed by atoms with Crippen LogP contribution < -0.4 is 9.47 Å². The number of aromatic carboxylic acids is 1. The Balaban J connectivity index is 2.59. The molecule has 0 atom stereocenters. The summed E-state index contributed by atoms with van der Waals surface area (Å²) in [5, 5.41) is 21.4. The molecule has 0 amide bonds. The number of phenols is 1. The Morgan fingerprint density at radius 1 is 0.394 bits per heavy atom. The number of rotatable bonds is 51. The van der Waals surface area contributed by atoms with Gasteiger partial charge in [0.1, 0.15) is 0 Å². The molecule has 0 heterocycles. The van der Waals surface area contributed by atoms with Crippen LogP contribution in [0.15, 0.2) is 42.5 Å². The number of hydrogen-bond acceptors (Lipinski definition) is 4. The lowest BCUT2D eigenvalue weighted by molar-refractivity contribution is 0.0694. The first-order valence-corrected chi connectivity index (χ1v) is 28.9. The first-order chi connectivity index (χ1) is 32.6. The maximum atomic E-state index is 12.5. The maximum absolute atomic E-state index is 12.5. The molecule has 0 radical (unpaired) electrons. The number of allylic oxidation sites excluding steroid dienone is 6. The molecule has 0 saturated heterocycles. The summed E-state index contributed by atoms with van der Waals surface area (Å²) in [6.07, 6.45) is 67.1. The Morgan fingerprint density at radius 2 is 0.667 bits per heavy atom. The van der Waals surface area contributed by atoms with E-state index in [1.165, 1.54) is 231 Å². The predicted octanol–water partition coefficient (Wildman–Crippen LogP) is 20.5. The molecule has 0 saturated carbocycles. The average molecular weight is 922 g/mol. The van der Waals surface area contributed by atoms with Crippen molar-refractivity contribution in [3.8, 4) is 17.2 Å². The van der Waals surface area contributed by atoms with Gasteiger partial charge in [-0.3, -0.25) is 0 Å². The second-order valence-corrected chi connectivity index (χ2v) is 19.6. The SMILES string of the molecule is CCCCCCCC/C=C\CCCCCCCCOc1c(O)cc(C(=O)O)c(CCCCCCCC/C=C\CCCCCCCC)c1OCCCCCCCC/C=C\CCCCCCCC. The number of unbranched alkanes of at least 4 members (excludes halogenated alkanes) is 36. The Bertz CT molecular complexity index is 1300. The number of benzene rings is 1. The lowest BCUT2D eigenvalue weighted by Gasteiger charge is -2.20. The van der Waals surface area contributed by atoms with E-state index < -0.39 is 5.97 Å². The fraction of sp³-hybridized carbons (Fsp3) is 0.787. The predicted molar refractivity (Wildman–Crippen MR) is 288 cm³/mol. The van der Waals surface area contributed by atoms with Gasteiger partial charge in [0.2, 0.25) is 5.75 Å². The van der Waals surface area contributed by atoms with Crippen molar-refractivity contribution in [3.63, 3.8) is 0 Å². The zero-order valence-electron chi connectivity index (χ0n) is 44.0. The fourth-order valence-corrected chi connectivity index (χ4v) is 8.99. The third kappa shape index (κ3) is 37.3. The molecule has 1 rings (SSSR count). The van der Waals surface area contributed by atoms with Gasteiger partial charge in [-0.25, -0.2) is 4.79 Å². The Morgan fingerprint density at radius 3 is 0.985 bits per heavy atom. The van der Waals surface area contributed by atoms with Crippen molar-refractivity contribution < 1.29 is 24.5 Å². The molecule has 2 N–H and O–H groups in total. The van der Waals surface area contributed by atoms with Crippen molar-refractivity contribution in [3.05, 3.63) is 53.6 Å². The number of phenolic OH excluding ortho intramolecular Hbond substituents is 1. The minimum atomic E-state index is -1.02. The zero-order chi connectivity index (χ0) is 47.6. The summed E-state index contributed by atoms with van der Waals surface area (Å²) in [7, 11) is 0. The molecule has 0 aliphatic carbocycles. The molecular formula is C61H108O5. The van der Waals surface area contributed by atoms with Gasteiger partial charge in [-0.05, 0) is 109 Å². The van der Waals surface area contributed by atoms with E-state index in [1.807, 2.05) is 0 Å². The summed E-state index contributed by atoms with van der Waals surface area (Å²) in [6.45, 7) is 7.81. The Hall–Kier alpha value is -2.69. The van der Waals surface area contributed by atoms with Crippen LogP contribution in [0.3, 0.4) is 0 Å². The molecule has 5 heteroatoms.